The monoisotopic (exact) mass is 201 g/mol. The molecule has 0 radical (unpaired) electrons. The molecule has 0 saturated carbocycles. The van der Waals surface area contributed by atoms with Gasteiger partial charge in [0.05, 0.1) is 6.20 Å². The summed E-state index contributed by atoms with van der Waals surface area (Å²) in [5.41, 5.74) is 1.04. The van der Waals surface area contributed by atoms with Crippen LogP contribution in [0.15, 0.2) is 40.9 Å². The Balaban J connectivity index is 2.37. The van der Waals surface area contributed by atoms with E-state index < -0.39 is 0 Å². The van der Waals surface area contributed by atoms with Crippen molar-refractivity contribution >= 4 is 0 Å². The van der Waals surface area contributed by atoms with E-state index in [0.29, 0.717) is 5.89 Å². The smallest absolute Gasteiger partial charge is 0.226 e. The van der Waals surface area contributed by atoms with Gasteiger partial charge in [0.15, 0.2) is 0 Å². The highest BCUT2D eigenvalue weighted by Gasteiger charge is 2.19. The maximum Gasteiger partial charge on any atom is 0.226 e. The number of oxazole rings is 1. The molecular weight excluding hydrogens is 186 g/mol. The maximum absolute atomic E-state index is 5.72. The van der Waals surface area contributed by atoms with Gasteiger partial charge >= 0.3 is 0 Å². The van der Waals surface area contributed by atoms with Crippen LogP contribution in [-0.2, 0) is 5.41 Å². The van der Waals surface area contributed by atoms with Gasteiger partial charge in [0.2, 0.25) is 5.89 Å². The van der Waals surface area contributed by atoms with Crippen LogP contribution >= 0.6 is 0 Å². The SMILES string of the molecule is CC(C)(C)c1cnc(-c2ccccc2)o1. The highest BCUT2D eigenvalue weighted by Crippen LogP contribution is 2.26. The summed E-state index contributed by atoms with van der Waals surface area (Å²) in [6.45, 7) is 6.34. The van der Waals surface area contributed by atoms with Crippen molar-refractivity contribution in [2.75, 3.05) is 0 Å². The van der Waals surface area contributed by atoms with Crippen molar-refractivity contribution in [3.63, 3.8) is 0 Å². The second kappa shape index (κ2) is 3.54. The normalized spacial score (nSPS) is 11.7. The van der Waals surface area contributed by atoms with Gasteiger partial charge in [0, 0.05) is 11.0 Å². The molecule has 0 fully saturated rings. The van der Waals surface area contributed by atoms with Crippen LogP contribution in [-0.4, -0.2) is 4.98 Å². The van der Waals surface area contributed by atoms with Crippen LogP contribution in [0.2, 0.25) is 0 Å². The standard InChI is InChI=1S/C13H15NO/c1-13(2,3)11-9-14-12(15-11)10-7-5-4-6-8-10/h4-9H,1-3H3. The summed E-state index contributed by atoms with van der Waals surface area (Å²) < 4.78 is 5.72. The highest BCUT2D eigenvalue weighted by molar-refractivity contribution is 5.52. The number of nitrogens with zero attached hydrogens (tertiary/aromatic N) is 1. The van der Waals surface area contributed by atoms with Gasteiger partial charge in [-0.2, -0.15) is 0 Å². The third-order valence-electron chi connectivity index (χ3n) is 2.27. The van der Waals surface area contributed by atoms with E-state index in [4.69, 9.17) is 4.42 Å². The van der Waals surface area contributed by atoms with E-state index in [1.54, 1.807) is 0 Å². The molecule has 0 atom stereocenters. The van der Waals surface area contributed by atoms with Gasteiger partial charge in [-0.15, -0.1) is 0 Å². The van der Waals surface area contributed by atoms with E-state index in [2.05, 4.69) is 25.8 Å². The zero-order chi connectivity index (χ0) is 10.9. The molecule has 0 amide bonds. The first kappa shape index (κ1) is 9.97. The molecule has 0 aliphatic carbocycles. The predicted octanol–water partition coefficient (Wildman–Crippen LogP) is 3.64. The molecule has 15 heavy (non-hydrogen) atoms. The summed E-state index contributed by atoms with van der Waals surface area (Å²) in [7, 11) is 0. The van der Waals surface area contributed by atoms with Gasteiger partial charge in [-0.1, -0.05) is 39.0 Å². The molecule has 1 heterocycles. The average molecular weight is 201 g/mol. The molecule has 2 nitrogen and oxygen atoms in total. The first-order valence-corrected chi connectivity index (χ1v) is 5.09. The van der Waals surface area contributed by atoms with E-state index in [9.17, 15) is 0 Å². The minimum Gasteiger partial charge on any atom is -0.441 e. The topological polar surface area (TPSA) is 26.0 Å². The van der Waals surface area contributed by atoms with E-state index >= 15 is 0 Å². The number of rotatable bonds is 1. The maximum atomic E-state index is 5.72. The van der Waals surface area contributed by atoms with Gasteiger partial charge < -0.3 is 4.42 Å². The van der Waals surface area contributed by atoms with Crippen molar-refractivity contribution in [2.24, 2.45) is 0 Å². The Bertz CT molecular complexity index is 437. The minimum atomic E-state index is 0.0139. The lowest BCUT2D eigenvalue weighted by Crippen LogP contribution is -2.09. The Kier molecular flexibility index (Phi) is 2.35. The molecule has 0 N–H and O–H groups in total. The van der Waals surface area contributed by atoms with Crippen LogP contribution in [0.3, 0.4) is 0 Å². The second-order valence-electron chi connectivity index (χ2n) is 4.65. The largest absolute Gasteiger partial charge is 0.441 e. The summed E-state index contributed by atoms with van der Waals surface area (Å²) in [5.74, 6) is 1.61. The number of benzene rings is 1. The van der Waals surface area contributed by atoms with Gasteiger partial charge in [-0.25, -0.2) is 4.98 Å². The predicted molar refractivity (Wildman–Crippen MR) is 60.6 cm³/mol. The summed E-state index contributed by atoms with van der Waals surface area (Å²) in [4.78, 5) is 4.29. The molecule has 2 heteroatoms. The van der Waals surface area contributed by atoms with E-state index in [1.165, 1.54) is 0 Å². The van der Waals surface area contributed by atoms with Crippen LogP contribution in [0, 0.1) is 0 Å². The van der Waals surface area contributed by atoms with E-state index in [-0.39, 0.29) is 5.41 Å². The molecule has 0 aliphatic heterocycles. The van der Waals surface area contributed by atoms with Crippen molar-refractivity contribution < 1.29 is 4.42 Å². The fraction of sp³-hybridized carbons (Fsp3) is 0.308. The van der Waals surface area contributed by atoms with Crippen molar-refractivity contribution in [2.45, 2.75) is 26.2 Å². The number of hydrogen-bond donors (Lipinski definition) is 0. The lowest BCUT2D eigenvalue weighted by molar-refractivity contribution is 0.416. The van der Waals surface area contributed by atoms with Crippen molar-refractivity contribution in [3.8, 4) is 11.5 Å². The third-order valence-corrected chi connectivity index (χ3v) is 2.27. The molecule has 78 valence electrons. The molecule has 0 bridgehead atoms. The summed E-state index contributed by atoms with van der Waals surface area (Å²) in [6.07, 6.45) is 1.81. The fourth-order valence-corrected chi connectivity index (χ4v) is 1.34. The van der Waals surface area contributed by atoms with Crippen LogP contribution in [0.1, 0.15) is 26.5 Å². The van der Waals surface area contributed by atoms with Crippen molar-refractivity contribution in [1.82, 2.24) is 4.98 Å². The Morgan fingerprint density at radius 1 is 1.07 bits per heavy atom. The van der Waals surface area contributed by atoms with E-state index in [0.717, 1.165) is 11.3 Å². The Labute approximate surface area is 90.0 Å². The summed E-state index contributed by atoms with van der Waals surface area (Å²) >= 11 is 0. The molecular formula is C13H15NO. The van der Waals surface area contributed by atoms with Gasteiger partial charge in [0.25, 0.3) is 0 Å². The Morgan fingerprint density at radius 3 is 2.27 bits per heavy atom. The lowest BCUT2D eigenvalue weighted by Gasteiger charge is -2.12. The molecule has 0 unspecified atom stereocenters. The molecule has 2 aromatic rings. The number of hydrogen-bond acceptors (Lipinski definition) is 2. The van der Waals surface area contributed by atoms with Crippen molar-refractivity contribution in [1.29, 1.82) is 0 Å². The zero-order valence-electron chi connectivity index (χ0n) is 9.32. The van der Waals surface area contributed by atoms with Gasteiger partial charge in [0.1, 0.15) is 5.76 Å². The second-order valence-corrected chi connectivity index (χ2v) is 4.65. The molecule has 1 aromatic heterocycles. The highest BCUT2D eigenvalue weighted by atomic mass is 16.4. The molecule has 0 spiro atoms. The summed E-state index contributed by atoms with van der Waals surface area (Å²) in [5, 5.41) is 0. The average Bonchev–Trinajstić information content (AvgIpc) is 2.67. The molecule has 0 aliphatic rings. The number of aromatic nitrogens is 1. The van der Waals surface area contributed by atoms with Crippen LogP contribution in [0.5, 0.6) is 0 Å². The zero-order valence-corrected chi connectivity index (χ0v) is 9.32. The van der Waals surface area contributed by atoms with Crippen LogP contribution in [0.4, 0.5) is 0 Å². The molecule has 0 saturated heterocycles. The van der Waals surface area contributed by atoms with Crippen molar-refractivity contribution in [3.05, 3.63) is 42.3 Å². The lowest BCUT2D eigenvalue weighted by atomic mass is 9.94. The summed E-state index contributed by atoms with van der Waals surface area (Å²) in [6, 6.07) is 9.94. The first-order chi connectivity index (χ1) is 7.07. The first-order valence-electron chi connectivity index (χ1n) is 5.09. The molecule has 2 rings (SSSR count). The fourth-order valence-electron chi connectivity index (χ4n) is 1.34. The molecule has 1 aromatic carbocycles. The van der Waals surface area contributed by atoms with Crippen LogP contribution < -0.4 is 0 Å². The third kappa shape index (κ3) is 2.09. The Morgan fingerprint density at radius 2 is 1.73 bits per heavy atom. The Hall–Kier alpha value is -1.57. The van der Waals surface area contributed by atoms with E-state index in [1.807, 2.05) is 36.5 Å². The minimum absolute atomic E-state index is 0.0139. The van der Waals surface area contributed by atoms with Gasteiger partial charge in [-0.3, -0.25) is 0 Å². The van der Waals surface area contributed by atoms with Crippen LogP contribution in [0.25, 0.3) is 11.5 Å². The quantitative estimate of drug-likeness (QED) is 0.704. The van der Waals surface area contributed by atoms with Gasteiger partial charge in [-0.05, 0) is 12.1 Å².